The van der Waals surface area contributed by atoms with Crippen molar-refractivity contribution in [2.75, 3.05) is 7.18 Å². The fourth-order valence-corrected chi connectivity index (χ4v) is 0.534. The lowest BCUT2D eigenvalue weighted by Gasteiger charge is -1.82. The van der Waals surface area contributed by atoms with Gasteiger partial charge in [-0.1, -0.05) is 35.8 Å². The second-order valence-electron chi connectivity index (χ2n) is 1.65. The molecule has 0 aliphatic heterocycles. The molecule has 4 N–H and O–H groups in total. The minimum absolute atomic E-state index is 0. The van der Waals surface area contributed by atoms with E-state index in [4.69, 9.17) is 0 Å². The first-order chi connectivity index (χ1) is 4.39. The molecule has 1 aromatic rings. The van der Waals surface area contributed by atoms with Gasteiger partial charge >= 0.3 is 0 Å². The van der Waals surface area contributed by atoms with Crippen LogP contribution in [0, 0.1) is 0 Å². The van der Waals surface area contributed by atoms with Crippen molar-refractivity contribution in [2.24, 2.45) is 0 Å². The monoisotopic (exact) mass is 160 g/mol. The molecule has 1 rings (SSSR count). The van der Waals surface area contributed by atoms with Crippen molar-refractivity contribution < 1.29 is 15.3 Å². The highest BCUT2D eigenvalue weighted by Gasteiger charge is 1.72. The molecule has 0 aromatic heterocycles. The van der Waals surface area contributed by atoms with Crippen molar-refractivity contribution in [3.63, 3.8) is 0 Å². The molecule has 4 heteroatoms. The Morgan fingerprint density at radius 2 is 1.36 bits per heavy atom. The van der Waals surface area contributed by atoms with E-state index < -0.39 is 0 Å². The number of rotatable bonds is 0. The SMILES string of the molecule is Bc1ccccc1.CF.O.O. The Bertz CT molecular complexity index is 146. The van der Waals surface area contributed by atoms with Crippen LogP contribution in [0.4, 0.5) is 4.39 Å². The van der Waals surface area contributed by atoms with E-state index in [0.717, 1.165) is 0 Å². The van der Waals surface area contributed by atoms with Crippen molar-refractivity contribution in [3.8, 4) is 0 Å². The average Bonchev–Trinajstić information content (AvgIpc) is 1.94. The summed E-state index contributed by atoms with van der Waals surface area (Å²) in [7, 11) is 2.58. The molecule has 0 fully saturated rings. The molecule has 0 amide bonds. The highest BCUT2D eigenvalue weighted by Crippen LogP contribution is 1.76. The highest BCUT2D eigenvalue weighted by molar-refractivity contribution is 6.32. The summed E-state index contributed by atoms with van der Waals surface area (Å²) in [5.41, 5.74) is 1.32. The van der Waals surface area contributed by atoms with E-state index in [1.807, 2.05) is 18.2 Å². The van der Waals surface area contributed by atoms with Crippen LogP contribution >= 0.6 is 0 Å². The van der Waals surface area contributed by atoms with Crippen LogP contribution in [-0.4, -0.2) is 26.0 Å². The largest absolute Gasteiger partial charge is 0.412 e. The Hall–Kier alpha value is -0.865. The molecule has 0 atom stereocenters. The Morgan fingerprint density at radius 3 is 1.55 bits per heavy atom. The minimum atomic E-state index is 0. The van der Waals surface area contributed by atoms with Crippen LogP contribution < -0.4 is 5.46 Å². The minimum Gasteiger partial charge on any atom is -0.412 e. The van der Waals surface area contributed by atoms with Crippen LogP contribution in [0.2, 0.25) is 0 Å². The fraction of sp³-hybridized carbons (Fsp3) is 0.143. The molecule has 0 aliphatic carbocycles. The lowest BCUT2D eigenvalue weighted by molar-refractivity contribution is 0.636. The van der Waals surface area contributed by atoms with E-state index >= 15 is 0 Å². The Labute approximate surface area is 67.1 Å². The maximum atomic E-state index is 9.50. The summed E-state index contributed by atoms with van der Waals surface area (Å²) in [4.78, 5) is 0. The standard InChI is InChI=1S/C6H7B.CH3F.2H2O/c7-6-4-2-1-3-5-6;1-2;;/h1-5H,7H2;1H3;2*1H2. The van der Waals surface area contributed by atoms with E-state index in [9.17, 15) is 4.39 Å². The fourth-order valence-electron chi connectivity index (χ4n) is 0.534. The van der Waals surface area contributed by atoms with Gasteiger partial charge in [0, 0.05) is 0 Å². The van der Waals surface area contributed by atoms with Gasteiger partial charge in [0.25, 0.3) is 0 Å². The summed E-state index contributed by atoms with van der Waals surface area (Å²) < 4.78 is 9.50. The number of hydrogen-bond acceptors (Lipinski definition) is 0. The Kier molecular flexibility index (Phi) is 17.9. The summed E-state index contributed by atoms with van der Waals surface area (Å²) in [6, 6.07) is 10.3. The van der Waals surface area contributed by atoms with E-state index in [2.05, 4.69) is 20.0 Å². The molecule has 0 saturated carbocycles. The zero-order valence-corrected chi connectivity index (χ0v) is 6.76. The van der Waals surface area contributed by atoms with Gasteiger partial charge in [-0.3, -0.25) is 4.39 Å². The predicted molar refractivity (Wildman–Crippen MR) is 48.9 cm³/mol. The normalized spacial score (nSPS) is 6.00. The molecule has 0 spiro atoms. The molecular formula is C7H14BFO2. The summed E-state index contributed by atoms with van der Waals surface area (Å²) in [6.45, 7) is 0. The van der Waals surface area contributed by atoms with Crippen molar-refractivity contribution in [1.82, 2.24) is 0 Å². The molecule has 0 heterocycles. The number of hydrogen-bond donors (Lipinski definition) is 0. The topological polar surface area (TPSA) is 63.0 Å². The van der Waals surface area contributed by atoms with Crippen molar-refractivity contribution in [2.45, 2.75) is 0 Å². The van der Waals surface area contributed by atoms with Crippen molar-refractivity contribution >= 4 is 13.3 Å². The Morgan fingerprint density at radius 1 is 1.00 bits per heavy atom. The predicted octanol–water partition coefficient (Wildman–Crippen LogP) is -1.12. The molecule has 0 saturated heterocycles. The average molecular weight is 160 g/mol. The lowest BCUT2D eigenvalue weighted by atomic mass is 9.97. The molecule has 0 unspecified atom stereocenters. The van der Waals surface area contributed by atoms with Gasteiger partial charge in [0.15, 0.2) is 0 Å². The first kappa shape index (κ1) is 16.6. The zero-order chi connectivity index (χ0) is 7.11. The number of benzene rings is 1. The molecular weight excluding hydrogens is 146 g/mol. The maximum Gasteiger partial charge on any atom is 0.139 e. The van der Waals surface area contributed by atoms with Gasteiger partial charge in [-0.05, 0) is 0 Å². The first-order valence-corrected chi connectivity index (χ1v) is 2.79. The van der Waals surface area contributed by atoms with E-state index in [1.54, 1.807) is 0 Å². The van der Waals surface area contributed by atoms with Crippen molar-refractivity contribution in [1.29, 1.82) is 0 Å². The van der Waals surface area contributed by atoms with E-state index in [1.165, 1.54) is 5.46 Å². The quantitative estimate of drug-likeness (QED) is 0.431. The van der Waals surface area contributed by atoms with Gasteiger partial charge in [-0.25, -0.2) is 0 Å². The molecule has 0 bridgehead atoms. The summed E-state index contributed by atoms with van der Waals surface area (Å²) >= 11 is 0. The summed E-state index contributed by atoms with van der Waals surface area (Å²) in [5, 5.41) is 0. The van der Waals surface area contributed by atoms with Gasteiger partial charge in [0.05, 0.1) is 7.18 Å². The molecule has 1 aromatic carbocycles. The summed E-state index contributed by atoms with van der Waals surface area (Å²) in [5.74, 6) is 0. The van der Waals surface area contributed by atoms with Crippen LogP contribution in [0.15, 0.2) is 30.3 Å². The van der Waals surface area contributed by atoms with E-state index in [-0.39, 0.29) is 11.0 Å². The van der Waals surface area contributed by atoms with Gasteiger partial charge < -0.3 is 11.0 Å². The lowest BCUT2D eigenvalue weighted by Crippen LogP contribution is -1.97. The zero-order valence-electron chi connectivity index (χ0n) is 6.76. The summed E-state index contributed by atoms with van der Waals surface area (Å²) in [6.07, 6.45) is 0. The first-order valence-electron chi connectivity index (χ1n) is 2.79. The molecule has 64 valence electrons. The maximum absolute atomic E-state index is 9.50. The van der Waals surface area contributed by atoms with Crippen molar-refractivity contribution in [3.05, 3.63) is 30.3 Å². The van der Waals surface area contributed by atoms with Crippen LogP contribution in [0.5, 0.6) is 0 Å². The third-order valence-electron chi connectivity index (χ3n) is 0.940. The van der Waals surface area contributed by atoms with Crippen LogP contribution in [0.1, 0.15) is 0 Å². The highest BCUT2D eigenvalue weighted by atomic mass is 19.1. The third kappa shape index (κ3) is 9.13. The molecule has 11 heavy (non-hydrogen) atoms. The van der Waals surface area contributed by atoms with Gasteiger partial charge in [-0.15, -0.1) is 0 Å². The second-order valence-corrected chi connectivity index (χ2v) is 1.65. The van der Waals surface area contributed by atoms with Gasteiger partial charge in [-0.2, -0.15) is 0 Å². The van der Waals surface area contributed by atoms with Crippen LogP contribution in [-0.2, 0) is 0 Å². The smallest absolute Gasteiger partial charge is 0.139 e. The third-order valence-corrected chi connectivity index (χ3v) is 0.940. The second kappa shape index (κ2) is 11.9. The van der Waals surface area contributed by atoms with Crippen LogP contribution in [0.3, 0.4) is 0 Å². The molecule has 0 aliphatic rings. The molecule has 2 nitrogen and oxygen atoms in total. The van der Waals surface area contributed by atoms with E-state index in [0.29, 0.717) is 7.18 Å². The van der Waals surface area contributed by atoms with Crippen LogP contribution in [0.25, 0.3) is 0 Å². The van der Waals surface area contributed by atoms with Gasteiger partial charge in [0.2, 0.25) is 0 Å². The Balaban J connectivity index is -0.000000149. The number of halogens is 1. The number of alkyl halides is 1. The molecule has 0 radical (unpaired) electrons. The van der Waals surface area contributed by atoms with Gasteiger partial charge in [0.1, 0.15) is 7.85 Å².